The molecule has 8 heteroatoms. The van der Waals surface area contributed by atoms with Gasteiger partial charge in [-0.15, -0.1) is 11.3 Å². The van der Waals surface area contributed by atoms with Crippen molar-refractivity contribution in [3.8, 4) is 11.5 Å². The summed E-state index contributed by atoms with van der Waals surface area (Å²) in [6.45, 7) is 0.650. The number of amides is 2. The van der Waals surface area contributed by atoms with Crippen LogP contribution in [0.2, 0.25) is 5.02 Å². The Balaban J connectivity index is 1.57. The number of ether oxygens (including phenoxy) is 2. The van der Waals surface area contributed by atoms with Crippen molar-refractivity contribution < 1.29 is 19.1 Å². The van der Waals surface area contributed by atoms with Gasteiger partial charge in [-0.25, -0.2) is 0 Å². The van der Waals surface area contributed by atoms with Gasteiger partial charge in [0.05, 0.1) is 35.8 Å². The van der Waals surface area contributed by atoms with Crippen molar-refractivity contribution in [2.75, 3.05) is 26.1 Å². The first-order valence-electron chi connectivity index (χ1n) is 10.2. The van der Waals surface area contributed by atoms with E-state index in [-0.39, 0.29) is 17.9 Å². The molecule has 0 spiro atoms. The minimum atomic E-state index is -0.254. The molecule has 0 aliphatic carbocycles. The highest BCUT2D eigenvalue weighted by Crippen LogP contribution is 2.38. The fraction of sp³-hybridized carbons (Fsp3) is 0.250. The third kappa shape index (κ3) is 4.45. The number of benzene rings is 2. The van der Waals surface area contributed by atoms with Crippen LogP contribution in [-0.2, 0) is 0 Å². The Hall–Kier alpha value is -3.03. The summed E-state index contributed by atoms with van der Waals surface area (Å²) in [4.78, 5) is 28.3. The van der Waals surface area contributed by atoms with E-state index >= 15 is 0 Å². The summed E-state index contributed by atoms with van der Waals surface area (Å²) >= 11 is 7.63. The predicted octanol–water partition coefficient (Wildman–Crippen LogP) is 5.65. The van der Waals surface area contributed by atoms with Crippen molar-refractivity contribution in [2.24, 2.45) is 0 Å². The van der Waals surface area contributed by atoms with E-state index < -0.39 is 0 Å². The molecule has 3 aromatic rings. The lowest BCUT2D eigenvalue weighted by Crippen LogP contribution is -2.30. The number of nitrogens with zero attached hydrogens (tertiary/aromatic N) is 1. The van der Waals surface area contributed by atoms with E-state index in [0.717, 1.165) is 18.4 Å². The Morgan fingerprint density at radius 2 is 1.91 bits per heavy atom. The van der Waals surface area contributed by atoms with Gasteiger partial charge in [0, 0.05) is 12.1 Å². The second kappa shape index (κ2) is 9.63. The Labute approximate surface area is 195 Å². The Morgan fingerprint density at radius 1 is 1.09 bits per heavy atom. The smallest absolute Gasteiger partial charge is 0.265 e. The zero-order chi connectivity index (χ0) is 22.7. The van der Waals surface area contributed by atoms with E-state index in [0.29, 0.717) is 39.2 Å². The van der Waals surface area contributed by atoms with Crippen LogP contribution in [0.1, 0.15) is 44.5 Å². The first kappa shape index (κ1) is 22.2. The van der Waals surface area contributed by atoms with Gasteiger partial charge in [-0.1, -0.05) is 23.7 Å². The number of hydrogen-bond donors (Lipinski definition) is 1. The second-order valence-electron chi connectivity index (χ2n) is 7.40. The van der Waals surface area contributed by atoms with E-state index in [9.17, 15) is 9.59 Å². The minimum absolute atomic E-state index is 0.0675. The van der Waals surface area contributed by atoms with Crippen molar-refractivity contribution in [3.63, 3.8) is 0 Å². The molecule has 2 amide bonds. The monoisotopic (exact) mass is 470 g/mol. The summed E-state index contributed by atoms with van der Waals surface area (Å²) in [5.74, 6) is 0.923. The average Bonchev–Trinajstić information content (AvgIpc) is 3.52. The second-order valence-corrected chi connectivity index (χ2v) is 8.75. The quantitative estimate of drug-likeness (QED) is 0.505. The van der Waals surface area contributed by atoms with E-state index in [2.05, 4.69) is 5.32 Å². The van der Waals surface area contributed by atoms with Crippen LogP contribution in [0.4, 0.5) is 5.69 Å². The number of rotatable bonds is 6. The van der Waals surface area contributed by atoms with Gasteiger partial charge >= 0.3 is 0 Å². The van der Waals surface area contributed by atoms with Gasteiger partial charge in [0.1, 0.15) is 0 Å². The van der Waals surface area contributed by atoms with Gasteiger partial charge in [0.15, 0.2) is 11.5 Å². The molecule has 1 aromatic heterocycles. The van der Waals surface area contributed by atoms with E-state index in [4.69, 9.17) is 21.1 Å². The van der Waals surface area contributed by atoms with Crippen LogP contribution in [0.25, 0.3) is 0 Å². The average molecular weight is 471 g/mol. The van der Waals surface area contributed by atoms with Crippen molar-refractivity contribution in [2.45, 2.75) is 18.9 Å². The summed E-state index contributed by atoms with van der Waals surface area (Å²) < 4.78 is 10.8. The molecule has 1 unspecified atom stereocenters. The SMILES string of the molecule is COc1ccc(C2CCCN2C(=O)c2ccc(Cl)c(NC(=O)c3cccs3)c2)cc1OC. The van der Waals surface area contributed by atoms with Crippen LogP contribution in [0.15, 0.2) is 53.9 Å². The fourth-order valence-corrected chi connectivity index (χ4v) is 4.71. The molecule has 2 heterocycles. The van der Waals surface area contributed by atoms with E-state index in [1.54, 1.807) is 38.5 Å². The summed E-state index contributed by atoms with van der Waals surface area (Å²) in [5.41, 5.74) is 1.88. The Bertz CT molecular complexity index is 1130. The number of halogens is 1. The standard InChI is InChI=1S/C24H23ClN2O4S/c1-30-20-10-8-15(14-21(20)31-2)19-5-3-11-27(19)24(29)16-7-9-17(25)18(13-16)26-23(28)22-6-4-12-32-22/h4,6-10,12-14,19H,3,5,11H2,1-2H3,(H,26,28). The number of hydrogen-bond acceptors (Lipinski definition) is 5. The number of carbonyl (C=O) groups is 2. The molecule has 1 saturated heterocycles. The molecule has 0 saturated carbocycles. The van der Waals surface area contributed by atoms with Crippen molar-refractivity contribution >= 4 is 40.4 Å². The van der Waals surface area contributed by atoms with Gasteiger partial charge in [-0.3, -0.25) is 9.59 Å². The molecule has 1 aliphatic rings. The van der Waals surface area contributed by atoms with Crippen LogP contribution < -0.4 is 14.8 Å². The predicted molar refractivity (Wildman–Crippen MR) is 126 cm³/mol. The lowest BCUT2D eigenvalue weighted by atomic mass is 10.0. The topological polar surface area (TPSA) is 67.9 Å². The van der Waals surface area contributed by atoms with Gasteiger partial charge in [0.2, 0.25) is 0 Å². The maximum absolute atomic E-state index is 13.4. The van der Waals surface area contributed by atoms with Crippen LogP contribution in [0, 0.1) is 0 Å². The summed E-state index contributed by atoms with van der Waals surface area (Å²) in [6.07, 6.45) is 1.76. The van der Waals surface area contributed by atoms with Crippen molar-refractivity contribution in [1.29, 1.82) is 0 Å². The molecule has 32 heavy (non-hydrogen) atoms. The van der Waals surface area contributed by atoms with Gasteiger partial charge in [-0.2, -0.15) is 0 Å². The van der Waals surface area contributed by atoms with Crippen LogP contribution in [-0.4, -0.2) is 37.5 Å². The van der Waals surface area contributed by atoms with Gasteiger partial charge < -0.3 is 19.7 Å². The molecule has 1 fully saturated rings. The molecule has 6 nitrogen and oxygen atoms in total. The molecule has 2 aromatic carbocycles. The van der Waals surface area contributed by atoms with E-state index in [1.165, 1.54) is 11.3 Å². The summed E-state index contributed by atoms with van der Waals surface area (Å²) in [6, 6.07) is 14.2. The highest BCUT2D eigenvalue weighted by Gasteiger charge is 2.31. The molecule has 0 bridgehead atoms. The number of carbonyl (C=O) groups excluding carboxylic acids is 2. The number of likely N-dealkylation sites (tertiary alicyclic amines) is 1. The summed E-state index contributed by atoms with van der Waals surface area (Å²) in [5, 5.41) is 5.02. The molecule has 0 radical (unpaired) electrons. The highest BCUT2D eigenvalue weighted by molar-refractivity contribution is 7.12. The third-order valence-electron chi connectivity index (χ3n) is 5.51. The molecule has 4 rings (SSSR count). The maximum atomic E-state index is 13.4. The van der Waals surface area contributed by atoms with Crippen LogP contribution in [0.3, 0.4) is 0 Å². The lowest BCUT2D eigenvalue weighted by molar-refractivity contribution is 0.0735. The fourth-order valence-electron chi connectivity index (χ4n) is 3.93. The Morgan fingerprint density at radius 3 is 2.62 bits per heavy atom. The van der Waals surface area contributed by atoms with Crippen LogP contribution in [0.5, 0.6) is 11.5 Å². The van der Waals surface area contributed by atoms with E-state index in [1.807, 2.05) is 34.5 Å². The van der Waals surface area contributed by atoms with Gasteiger partial charge in [0.25, 0.3) is 11.8 Å². The lowest BCUT2D eigenvalue weighted by Gasteiger charge is -2.26. The van der Waals surface area contributed by atoms with Crippen molar-refractivity contribution in [3.05, 3.63) is 74.9 Å². The Kier molecular flexibility index (Phi) is 6.67. The zero-order valence-corrected chi connectivity index (χ0v) is 19.3. The van der Waals surface area contributed by atoms with Crippen molar-refractivity contribution in [1.82, 2.24) is 4.90 Å². The molecular weight excluding hydrogens is 448 g/mol. The molecule has 1 N–H and O–H groups in total. The largest absolute Gasteiger partial charge is 0.493 e. The minimum Gasteiger partial charge on any atom is -0.493 e. The third-order valence-corrected chi connectivity index (χ3v) is 6.71. The first-order chi connectivity index (χ1) is 15.5. The number of methoxy groups -OCH3 is 2. The molecular formula is C24H23ClN2O4S. The number of anilines is 1. The molecule has 1 aliphatic heterocycles. The van der Waals surface area contributed by atoms with Gasteiger partial charge in [-0.05, 0) is 60.2 Å². The maximum Gasteiger partial charge on any atom is 0.265 e. The highest BCUT2D eigenvalue weighted by atomic mass is 35.5. The zero-order valence-electron chi connectivity index (χ0n) is 17.8. The molecule has 166 valence electrons. The normalized spacial score (nSPS) is 15.5. The summed E-state index contributed by atoms with van der Waals surface area (Å²) in [7, 11) is 3.19. The van der Waals surface area contributed by atoms with Crippen LogP contribution >= 0.6 is 22.9 Å². The first-order valence-corrected chi connectivity index (χ1v) is 11.4. The number of nitrogens with one attached hydrogen (secondary N) is 1. The number of thiophene rings is 1. The molecule has 1 atom stereocenters.